The number of ether oxygens (including phenoxy) is 1. The van der Waals surface area contributed by atoms with Gasteiger partial charge in [-0.05, 0) is 18.9 Å². The third-order valence-electron chi connectivity index (χ3n) is 3.14. The molecule has 1 aromatic rings. The van der Waals surface area contributed by atoms with Crippen LogP contribution in [0, 0.1) is 0 Å². The number of aromatic nitrogens is 1. The zero-order valence-electron chi connectivity index (χ0n) is 10.6. The predicted molar refractivity (Wildman–Crippen MR) is 69.8 cm³/mol. The fourth-order valence-electron chi connectivity index (χ4n) is 2.17. The summed E-state index contributed by atoms with van der Waals surface area (Å²) in [6.07, 6.45) is 7.42. The Balaban J connectivity index is 1.82. The number of rotatable bonds is 3. The largest absolute Gasteiger partial charge is 0.481 e. The summed E-state index contributed by atoms with van der Waals surface area (Å²) in [6.45, 7) is 0. The van der Waals surface area contributed by atoms with Gasteiger partial charge >= 0.3 is 6.03 Å². The summed E-state index contributed by atoms with van der Waals surface area (Å²) < 4.78 is 4.96. The van der Waals surface area contributed by atoms with Crippen molar-refractivity contribution in [2.24, 2.45) is 0 Å². The average molecular weight is 249 g/mol. The van der Waals surface area contributed by atoms with Gasteiger partial charge < -0.3 is 15.4 Å². The fourth-order valence-corrected chi connectivity index (χ4v) is 2.17. The second-order valence-electron chi connectivity index (χ2n) is 4.52. The van der Waals surface area contributed by atoms with Crippen LogP contribution in [0.25, 0.3) is 0 Å². The van der Waals surface area contributed by atoms with Crippen LogP contribution in [0.5, 0.6) is 5.88 Å². The minimum atomic E-state index is -0.158. The number of hydrogen-bond donors (Lipinski definition) is 2. The van der Waals surface area contributed by atoms with E-state index in [1.54, 1.807) is 25.4 Å². The average Bonchev–Trinajstić information content (AvgIpc) is 2.40. The molecule has 5 heteroatoms. The molecule has 18 heavy (non-hydrogen) atoms. The standard InChI is InChI=1S/C13H19N3O2/c1-18-12-8-7-11(9-14-12)16-13(17)15-10-5-3-2-4-6-10/h7-10H,2-6H2,1H3,(H2,15,16,17). The molecule has 1 saturated carbocycles. The van der Waals surface area contributed by atoms with E-state index in [2.05, 4.69) is 15.6 Å². The number of methoxy groups -OCH3 is 1. The number of amides is 2. The molecule has 1 aliphatic carbocycles. The van der Waals surface area contributed by atoms with Crippen LogP contribution in [0.1, 0.15) is 32.1 Å². The molecule has 0 saturated heterocycles. The third-order valence-corrected chi connectivity index (χ3v) is 3.14. The smallest absolute Gasteiger partial charge is 0.319 e. The van der Waals surface area contributed by atoms with Gasteiger partial charge in [-0.2, -0.15) is 0 Å². The van der Waals surface area contributed by atoms with Gasteiger partial charge in [0.1, 0.15) is 0 Å². The van der Waals surface area contributed by atoms with Gasteiger partial charge in [0.25, 0.3) is 0 Å². The van der Waals surface area contributed by atoms with Crippen LogP contribution in [0.2, 0.25) is 0 Å². The lowest BCUT2D eigenvalue weighted by Gasteiger charge is -2.22. The molecule has 1 fully saturated rings. The minimum absolute atomic E-state index is 0.158. The molecular formula is C13H19N3O2. The summed E-state index contributed by atoms with van der Waals surface area (Å²) in [5.74, 6) is 0.535. The molecule has 0 spiro atoms. The van der Waals surface area contributed by atoms with Crippen LogP contribution in [0.3, 0.4) is 0 Å². The molecule has 1 aliphatic rings. The third kappa shape index (κ3) is 3.61. The minimum Gasteiger partial charge on any atom is -0.481 e. The Morgan fingerprint density at radius 1 is 1.33 bits per heavy atom. The van der Waals surface area contributed by atoms with E-state index < -0.39 is 0 Å². The maximum absolute atomic E-state index is 11.8. The van der Waals surface area contributed by atoms with Crippen LogP contribution >= 0.6 is 0 Å². The van der Waals surface area contributed by atoms with Crippen molar-refractivity contribution in [3.05, 3.63) is 18.3 Å². The van der Waals surface area contributed by atoms with E-state index in [-0.39, 0.29) is 6.03 Å². The van der Waals surface area contributed by atoms with E-state index in [1.165, 1.54) is 19.3 Å². The van der Waals surface area contributed by atoms with Crippen LogP contribution in [0.15, 0.2) is 18.3 Å². The van der Waals surface area contributed by atoms with Gasteiger partial charge in [0.15, 0.2) is 0 Å². The summed E-state index contributed by atoms with van der Waals surface area (Å²) in [6, 6.07) is 3.64. The molecule has 1 heterocycles. The Hall–Kier alpha value is -1.78. The first-order valence-corrected chi connectivity index (χ1v) is 6.35. The molecule has 0 aliphatic heterocycles. The van der Waals surface area contributed by atoms with Gasteiger partial charge in [0.2, 0.25) is 5.88 Å². The molecule has 0 atom stereocenters. The van der Waals surface area contributed by atoms with E-state index in [1.807, 2.05) is 0 Å². The number of nitrogens with zero attached hydrogens (tertiary/aromatic N) is 1. The number of carbonyl (C=O) groups excluding carboxylic acids is 1. The van der Waals surface area contributed by atoms with Gasteiger partial charge in [-0.15, -0.1) is 0 Å². The highest BCUT2D eigenvalue weighted by molar-refractivity contribution is 5.89. The predicted octanol–water partition coefficient (Wildman–Crippen LogP) is 2.54. The molecule has 5 nitrogen and oxygen atoms in total. The Morgan fingerprint density at radius 2 is 2.11 bits per heavy atom. The van der Waals surface area contributed by atoms with E-state index in [0.717, 1.165) is 12.8 Å². The fraction of sp³-hybridized carbons (Fsp3) is 0.538. The van der Waals surface area contributed by atoms with Crippen molar-refractivity contribution in [2.75, 3.05) is 12.4 Å². The van der Waals surface area contributed by atoms with Crippen LogP contribution in [0.4, 0.5) is 10.5 Å². The Kier molecular flexibility index (Phi) is 4.39. The summed E-state index contributed by atoms with van der Waals surface area (Å²) in [4.78, 5) is 15.8. The summed E-state index contributed by atoms with van der Waals surface area (Å²) in [5.41, 5.74) is 0.670. The number of nitrogens with one attached hydrogen (secondary N) is 2. The molecule has 0 bridgehead atoms. The Bertz CT molecular complexity index is 386. The van der Waals surface area contributed by atoms with Crippen LogP contribution < -0.4 is 15.4 Å². The van der Waals surface area contributed by atoms with Crippen LogP contribution in [-0.2, 0) is 0 Å². The Labute approximate surface area is 107 Å². The number of hydrogen-bond acceptors (Lipinski definition) is 3. The number of urea groups is 1. The highest BCUT2D eigenvalue weighted by Gasteiger charge is 2.15. The first-order valence-electron chi connectivity index (χ1n) is 6.35. The lowest BCUT2D eigenvalue weighted by Crippen LogP contribution is -2.39. The van der Waals surface area contributed by atoms with Crippen molar-refractivity contribution in [2.45, 2.75) is 38.1 Å². The van der Waals surface area contributed by atoms with Crippen molar-refractivity contribution in [1.29, 1.82) is 0 Å². The molecule has 2 N–H and O–H groups in total. The maximum atomic E-state index is 11.8. The highest BCUT2D eigenvalue weighted by atomic mass is 16.5. The van der Waals surface area contributed by atoms with Gasteiger partial charge in [0, 0.05) is 12.1 Å². The van der Waals surface area contributed by atoms with Crippen molar-refractivity contribution in [3.8, 4) is 5.88 Å². The Morgan fingerprint density at radius 3 is 2.72 bits per heavy atom. The zero-order valence-corrected chi connectivity index (χ0v) is 10.6. The first kappa shape index (κ1) is 12.7. The topological polar surface area (TPSA) is 63.2 Å². The van der Waals surface area contributed by atoms with E-state index in [0.29, 0.717) is 17.6 Å². The van der Waals surface area contributed by atoms with Crippen LogP contribution in [-0.4, -0.2) is 24.2 Å². The summed E-state index contributed by atoms with van der Waals surface area (Å²) >= 11 is 0. The van der Waals surface area contributed by atoms with Gasteiger partial charge in [-0.3, -0.25) is 0 Å². The number of anilines is 1. The summed E-state index contributed by atoms with van der Waals surface area (Å²) in [5, 5.41) is 5.76. The summed E-state index contributed by atoms with van der Waals surface area (Å²) in [7, 11) is 1.56. The van der Waals surface area contributed by atoms with Gasteiger partial charge in [0.05, 0.1) is 19.0 Å². The normalized spacial score (nSPS) is 16.1. The molecule has 2 amide bonds. The van der Waals surface area contributed by atoms with E-state index in [9.17, 15) is 4.79 Å². The molecular weight excluding hydrogens is 230 g/mol. The number of pyridine rings is 1. The zero-order chi connectivity index (χ0) is 12.8. The van der Waals surface area contributed by atoms with E-state index >= 15 is 0 Å². The van der Waals surface area contributed by atoms with Gasteiger partial charge in [-0.1, -0.05) is 19.3 Å². The molecule has 2 rings (SSSR count). The van der Waals surface area contributed by atoms with Crippen molar-refractivity contribution in [1.82, 2.24) is 10.3 Å². The molecule has 98 valence electrons. The van der Waals surface area contributed by atoms with Crippen molar-refractivity contribution in [3.63, 3.8) is 0 Å². The lowest BCUT2D eigenvalue weighted by atomic mass is 9.96. The quantitative estimate of drug-likeness (QED) is 0.865. The molecule has 0 unspecified atom stereocenters. The van der Waals surface area contributed by atoms with Crippen molar-refractivity contribution < 1.29 is 9.53 Å². The number of carbonyl (C=O) groups is 1. The first-order chi connectivity index (χ1) is 8.78. The molecule has 0 radical (unpaired) electrons. The molecule has 0 aromatic carbocycles. The van der Waals surface area contributed by atoms with Crippen molar-refractivity contribution >= 4 is 11.7 Å². The second kappa shape index (κ2) is 6.23. The molecule has 1 aromatic heterocycles. The highest BCUT2D eigenvalue weighted by Crippen LogP contribution is 2.17. The lowest BCUT2D eigenvalue weighted by molar-refractivity contribution is 0.244. The maximum Gasteiger partial charge on any atom is 0.319 e. The second-order valence-corrected chi connectivity index (χ2v) is 4.52. The monoisotopic (exact) mass is 249 g/mol. The van der Waals surface area contributed by atoms with Gasteiger partial charge in [-0.25, -0.2) is 9.78 Å². The SMILES string of the molecule is COc1ccc(NC(=O)NC2CCCCC2)cn1. The van der Waals surface area contributed by atoms with E-state index in [4.69, 9.17) is 4.74 Å².